The van der Waals surface area contributed by atoms with E-state index in [0.717, 1.165) is 26.3 Å². The summed E-state index contributed by atoms with van der Waals surface area (Å²) in [6.45, 7) is 5.80. The van der Waals surface area contributed by atoms with Crippen molar-refractivity contribution >= 4 is 0 Å². The lowest BCUT2D eigenvalue weighted by Crippen LogP contribution is -2.62. The van der Waals surface area contributed by atoms with E-state index in [1.807, 2.05) is 0 Å². The normalized spacial score (nSPS) is 23.0. The van der Waals surface area contributed by atoms with Crippen molar-refractivity contribution in [2.24, 2.45) is 5.73 Å². The second-order valence-corrected chi connectivity index (χ2v) is 3.96. The molecule has 1 fully saturated rings. The first-order chi connectivity index (χ1) is 7.19. The van der Waals surface area contributed by atoms with Crippen LogP contribution in [0.5, 0.6) is 0 Å². The van der Waals surface area contributed by atoms with Gasteiger partial charge in [-0.15, -0.1) is 0 Å². The number of rotatable bonds is 5. The van der Waals surface area contributed by atoms with Gasteiger partial charge >= 0.3 is 0 Å². The van der Waals surface area contributed by atoms with E-state index in [-0.39, 0.29) is 11.8 Å². The molecule has 1 unspecified atom stereocenters. The minimum Gasteiger partial charge on any atom is -0.379 e. The monoisotopic (exact) mass is 218 g/mol. The lowest BCUT2D eigenvalue weighted by molar-refractivity contribution is -0.190. The first kappa shape index (κ1) is 12.9. The third-order valence-corrected chi connectivity index (χ3v) is 3.08. The maximum atomic E-state index is 5.85. The van der Waals surface area contributed by atoms with Gasteiger partial charge in [-0.05, 0) is 6.92 Å². The molecule has 0 aromatic rings. The summed E-state index contributed by atoms with van der Waals surface area (Å²) >= 11 is 0. The largest absolute Gasteiger partial charge is 0.379 e. The summed E-state index contributed by atoms with van der Waals surface area (Å²) in [5, 5.41) is 0. The molecule has 0 saturated carbocycles. The summed E-state index contributed by atoms with van der Waals surface area (Å²) in [5.41, 5.74) is 5.56. The maximum absolute atomic E-state index is 5.85. The van der Waals surface area contributed by atoms with Gasteiger partial charge in [0.15, 0.2) is 6.29 Å². The standard InChI is InChI=1S/C10H22N2O3/c1-10(8-11,9(13-2)14-3)12-4-6-15-7-5-12/h9H,4-8,11H2,1-3H3. The van der Waals surface area contributed by atoms with Crippen molar-refractivity contribution in [2.45, 2.75) is 18.8 Å². The molecule has 0 aliphatic carbocycles. The number of hydrogen-bond acceptors (Lipinski definition) is 5. The van der Waals surface area contributed by atoms with Gasteiger partial charge in [0.05, 0.1) is 18.8 Å². The molecule has 0 amide bonds. The topological polar surface area (TPSA) is 57.0 Å². The van der Waals surface area contributed by atoms with E-state index in [4.69, 9.17) is 19.9 Å². The molecule has 90 valence electrons. The van der Waals surface area contributed by atoms with Crippen molar-refractivity contribution in [3.8, 4) is 0 Å². The molecule has 1 aliphatic heterocycles. The first-order valence-electron chi connectivity index (χ1n) is 5.27. The van der Waals surface area contributed by atoms with Crippen molar-refractivity contribution < 1.29 is 14.2 Å². The van der Waals surface area contributed by atoms with Crippen LogP contribution in [0.15, 0.2) is 0 Å². The molecular formula is C10H22N2O3. The van der Waals surface area contributed by atoms with Crippen LogP contribution in [0.1, 0.15) is 6.92 Å². The summed E-state index contributed by atoms with van der Waals surface area (Å²) in [5.74, 6) is 0. The molecule has 1 heterocycles. The Morgan fingerprint density at radius 1 is 1.33 bits per heavy atom. The molecule has 0 bridgehead atoms. The van der Waals surface area contributed by atoms with E-state index in [1.54, 1.807) is 14.2 Å². The summed E-state index contributed by atoms with van der Waals surface area (Å²) in [6.07, 6.45) is -0.305. The Morgan fingerprint density at radius 3 is 2.27 bits per heavy atom. The fourth-order valence-corrected chi connectivity index (χ4v) is 2.05. The predicted octanol–water partition coefficient (Wildman–Crippen LogP) is -0.345. The average molecular weight is 218 g/mol. The quantitative estimate of drug-likeness (QED) is 0.640. The highest BCUT2D eigenvalue weighted by Gasteiger charge is 2.40. The highest BCUT2D eigenvalue weighted by Crippen LogP contribution is 2.22. The molecule has 1 saturated heterocycles. The van der Waals surface area contributed by atoms with E-state index in [1.165, 1.54) is 0 Å². The van der Waals surface area contributed by atoms with E-state index in [2.05, 4.69) is 11.8 Å². The van der Waals surface area contributed by atoms with Crippen LogP contribution in [-0.2, 0) is 14.2 Å². The lowest BCUT2D eigenvalue weighted by Gasteiger charge is -2.45. The highest BCUT2D eigenvalue weighted by atomic mass is 16.7. The number of ether oxygens (including phenoxy) is 3. The van der Waals surface area contributed by atoms with Crippen LogP contribution in [0.2, 0.25) is 0 Å². The molecule has 5 heteroatoms. The Hall–Kier alpha value is -0.200. The van der Waals surface area contributed by atoms with Crippen molar-refractivity contribution in [3.63, 3.8) is 0 Å². The van der Waals surface area contributed by atoms with Crippen LogP contribution in [0.25, 0.3) is 0 Å². The van der Waals surface area contributed by atoms with Crippen LogP contribution in [0.4, 0.5) is 0 Å². The molecule has 1 atom stereocenters. The minimum atomic E-state index is -0.305. The second-order valence-electron chi connectivity index (χ2n) is 3.96. The third kappa shape index (κ3) is 2.68. The summed E-state index contributed by atoms with van der Waals surface area (Å²) in [7, 11) is 3.28. The average Bonchev–Trinajstić information content (AvgIpc) is 2.31. The Kier molecular flexibility index (Phi) is 4.95. The van der Waals surface area contributed by atoms with E-state index >= 15 is 0 Å². The number of morpholine rings is 1. The predicted molar refractivity (Wildman–Crippen MR) is 57.7 cm³/mol. The van der Waals surface area contributed by atoms with Gasteiger partial charge in [-0.3, -0.25) is 4.90 Å². The molecule has 2 N–H and O–H groups in total. The van der Waals surface area contributed by atoms with Gasteiger partial charge in [0, 0.05) is 33.9 Å². The summed E-state index contributed by atoms with van der Waals surface area (Å²) in [4.78, 5) is 2.27. The molecule has 15 heavy (non-hydrogen) atoms. The van der Waals surface area contributed by atoms with E-state index < -0.39 is 0 Å². The number of methoxy groups -OCH3 is 2. The highest BCUT2D eigenvalue weighted by molar-refractivity contribution is 4.91. The fourth-order valence-electron chi connectivity index (χ4n) is 2.05. The van der Waals surface area contributed by atoms with Gasteiger partial charge in [-0.2, -0.15) is 0 Å². The maximum Gasteiger partial charge on any atom is 0.176 e. The Labute approximate surface area is 91.5 Å². The van der Waals surface area contributed by atoms with Gasteiger partial charge in [-0.25, -0.2) is 0 Å². The lowest BCUT2D eigenvalue weighted by atomic mass is 9.98. The second kappa shape index (κ2) is 5.77. The smallest absolute Gasteiger partial charge is 0.176 e. The number of nitrogens with two attached hydrogens (primary N) is 1. The van der Waals surface area contributed by atoms with Crippen LogP contribution in [-0.4, -0.2) is 63.8 Å². The molecule has 0 radical (unpaired) electrons. The molecular weight excluding hydrogens is 196 g/mol. The summed E-state index contributed by atoms with van der Waals surface area (Å²) in [6, 6.07) is 0. The Morgan fingerprint density at radius 2 is 1.87 bits per heavy atom. The Bertz CT molecular complexity index is 182. The molecule has 0 spiro atoms. The zero-order chi connectivity index (χ0) is 11.3. The van der Waals surface area contributed by atoms with Crippen LogP contribution < -0.4 is 5.73 Å². The van der Waals surface area contributed by atoms with Gasteiger partial charge in [0.25, 0.3) is 0 Å². The SMILES string of the molecule is COC(OC)C(C)(CN)N1CCOCC1. The zero-order valence-corrected chi connectivity index (χ0v) is 9.86. The zero-order valence-electron chi connectivity index (χ0n) is 9.86. The van der Waals surface area contributed by atoms with Gasteiger partial charge < -0.3 is 19.9 Å². The molecule has 1 rings (SSSR count). The molecule has 1 aliphatic rings. The number of hydrogen-bond donors (Lipinski definition) is 1. The fraction of sp³-hybridized carbons (Fsp3) is 1.00. The van der Waals surface area contributed by atoms with Gasteiger partial charge in [0.1, 0.15) is 0 Å². The van der Waals surface area contributed by atoms with Gasteiger partial charge in [-0.1, -0.05) is 0 Å². The van der Waals surface area contributed by atoms with E-state index in [0.29, 0.717) is 6.54 Å². The molecule has 0 aromatic heterocycles. The summed E-state index contributed by atoms with van der Waals surface area (Å²) < 4.78 is 16.0. The van der Waals surface area contributed by atoms with Crippen molar-refractivity contribution in [1.29, 1.82) is 0 Å². The van der Waals surface area contributed by atoms with Crippen molar-refractivity contribution in [3.05, 3.63) is 0 Å². The van der Waals surface area contributed by atoms with Crippen molar-refractivity contribution in [2.75, 3.05) is 47.1 Å². The molecule has 0 aromatic carbocycles. The number of nitrogens with zero attached hydrogens (tertiary/aromatic N) is 1. The Balaban J connectivity index is 2.71. The van der Waals surface area contributed by atoms with Gasteiger partial charge in [0.2, 0.25) is 0 Å². The van der Waals surface area contributed by atoms with Crippen LogP contribution >= 0.6 is 0 Å². The molecule has 5 nitrogen and oxygen atoms in total. The third-order valence-electron chi connectivity index (χ3n) is 3.08. The van der Waals surface area contributed by atoms with Crippen LogP contribution in [0, 0.1) is 0 Å². The van der Waals surface area contributed by atoms with Crippen molar-refractivity contribution in [1.82, 2.24) is 4.90 Å². The minimum absolute atomic E-state index is 0.284. The van der Waals surface area contributed by atoms with E-state index in [9.17, 15) is 0 Å². The van der Waals surface area contributed by atoms with Crippen LogP contribution in [0.3, 0.4) is 0 Å². The first-order valence-corrected chi connectivity index (χ1v) is 5.27.